The van der Waals surface area contributed by atoms with Crippen LogP contribution in [0.4, 0.5) is 5.69 Å². The van der Waals surface area contributed by atoms with Crippen LogP contribution in [0.3, 0.4) is 0 Å². The van der Waals surface area contributed by atoms with Crippen molar-refractivity contribution in [1.29, 1.82) is 0 Å². The zero-order valence-corrected chi connectivity index (χ0v) is 20.9. The van der Waals surface area contributed by atoms with Crippen molar-refractivity contribution in [3.63, 3.8) is 0 Å². The van der Waals surface area contributed by atoms with Gasteiger partial charge in [-0.25, -0.2) is 4.68 Å². The highest BCUT2D eigenvalue weighted by Gasteiger charge is 2.16. The van der Waals surface area contributed by atoms with Crippen LogP contribution in [0, 0.1) is 4.77 Å². The second-order valence-corrected chi connectivity index (χ2v) is 9.39. The van der Waals surface area contributed by atoms with Gasteiger partial charge >= 0.3 is 0 Å². The number of fused-ring (bicyclic) bond motifs is 3. The lowest BCUT2D eigenvalue weighted by Gasteiger charge is -2.17. The van der Waals surface area contributed by atoms with Crippen LogP contribution >= 0.6 is 12.2 Å². The van der Waals surface area contributed by atoms with E-state index in [-0.39, 0.29) is 5.56 Å². The van der Waals surface area contributed by atoms with Crippen molar-refractivity contribution in [3.8, 4) is 0 Å². The molecule has 0 atom stereocenters. The van der Waals surface area contributed by atoms with E-state index in [1.165, 1.54) is 11.3 Å². The van der Waals surface area contributed by atoms with Crippen LogP contribution in [-0.2, 0) is 19.8 Å². The molecule has 178 valence electrons. The Balaban J connectivity index is 1.54. The van der Waals surface area contributed by atoms with Crippen molar-refractivity contribution in [2.75, 3.05) is 26.0 Å². The maximum absolute atomic E-state index is 13.5. The molecule has 8 heteroatoms. The minimum absolute atomic E-state index is 0.0709. The van der Waals surface area contributed by atoms with Gasteiger partial charge in [-0.1, -0.05) is 54.6 Å². The Morgan fingerprint density at radius 1 is 0.857 bits per heavy atom. The Morgan fingerprint density at radius 2 is 1.54 bits per heavy atom. The molecule has 0 saturated heterocycles. The van der Waals surface area contributed by atoms with E-state index in [0.29, 0.717) is 29.1 Å². The summed E-state index contributed by atoms with van der Waals surface area (Å²) in [4.78, 5) is 17.7. The first-order chi connectivity index (χ1) is 16.9. The second-order valence-electron chi connectivity index (χ2n) is 9.03. The molecule has 0 fully saturated rings. The molecule has 5 rings (SSSR count). The van der Waals surface area contributed by atoms with Gasteiger partial charge in [0.25, 0.3) is 5.56 Å². The first-order valence-electron chi connectivity index (χ1n) is 11.5. The van der Waals surface area contributed by atoms with Gasteiger partial charge in [-0.3, -0.25) is 18.7 Å². The largest absolute Gasteiger partial charge is 0.378 e. The van der Waals surface area contributed by atoms with Crippen molar-refractivity contribution in [2.24, 2.45) is 0 Å². The molecule has 5 aromatic rings. The van der Waals surface area contributed by atoms with Crippen molar-refractivity contribution >= 4 is 34.6 Å². The Bertz CT molecular complexity index is 1600. The van der Waals surface area contributed by atoms with Gasteiger partial charge in [0, 0.05) is 26.3 Å². The molecule has 0 amide bonds. The molecule has 2 heterocycles. The summed E-state index contributed by atoms with van der Waals surface area (Å²) in [5, 5.41) is 5.45. The first-order valence-corrected chi connectivity index (χ1v) is 11.9. The van der Waals surface area contributed by atoms with Gasteiger partial charge in [0.05, 0.1) is 24.1 Å². The van der Waals surface area contributed by atoms with E-state index in [4.69, 9.17) is 17.3 Å². The third-order valence-electron chi connectivity index (χ3n) is 6.15. The van der Waals surface area contributed by atoms with E-state index in [9.17, 15) is 4.79 Å². The zero-order chi connectivity index (χ0) is 24.5. The molecule has 0 aliphatic rings. The summed E-state index contributed by atoms with van der Waals surface area (Å²) in [5.41, 5.74) is 4.11. The third-order valence-corrected chi connectivity index (χ3v) is 6.54. The fourth-order valence-corrected chi connectivity index (χ4v) is 4.64. The van der Waals surface area contributed by atoms with Gasteiger partial charge in [0.1, 0.15) is 0 Å². The fraction of sp³-hybridized carbons (Fsp3) is 0.222. The Kier molecular flexibility index (Phi) is 6.23. The molecule has 0 spiro atoms. The fourth-order valence-electron chi connectivity index (χ4n) is 4.36. The molecule has 35 heavy (non-hydrogen) atoms. The van der Waals surface area contributed by atoms with Gasteiger partial charge < -0.3 is 4.90 Å². The lowest BCUT2D eigenvalue weighted by atomic mass is 10.2. The van der Waals surface area contributed by atoms with E-state index in [1.54, 1.807) is 9.25 Å². The molecule has 3 aromatic carbocycles. The lowest BCUT2D eigenvalue weighted by Crippen LogP contribution is -2.24. The molecule has 0 radical (unpaired) electrons. The average Bonchev–Trinajstić information content (AvgIpc) is 3.18. The number of benzene rings is 3. The Morgan fingerprint density at radius 3 is 2.26 bits per heavy atom. The first kappa shape index (κ1) is 23.0. The molecule has 0 aliphatic heterocycles. The molecular weight excluding hydrogens is 456 g/mol. The molecule has 0 unspecified atom stereocenters. The zero-order valence-electron chi connectivity index (χ0n) is 20.1. The highest BCUT2D eigenvalue weighted by Crippen LogP contribution is 2.17. The third kappa shape index (κ3) is 4.50. The summed E-state index contributed by atoms with van der Waals surface area (Å²) in [7, 11) is 6.11. The van der Waals surface area contributed by atoms with Crippen LogP contribution in [0.2, 0.25) is 0 Å². The summed E-state index contributed by atoms with van der Waals surface area (Å²) in [6, 6.07) is 26.0. The van der Waals surface area contributed by atoms with E-state index in [1.807, 2.05) is 80.1 Å². The maximum Gasteiger partial charge on any atom is 0.263 e. The molecule has 2 aromatic heterocycles. The van der Waals surface area contributed by atoms with Crippen LogP contribution in [0.15, 0.2) is 83.7 Å². The van der Waals surface area contributed by atoms with E-state index >= 15 is 0 Å². The van der Waals surface area contributed by atoms with Crippen molar-refractivity contribution in [3.05, 3.63) is 105 Å². The van der Waals surface area contributed by atoms with Crippen molar-refractivity contribution in [2.45, 2.75) is 19.8 Å². The average molecular weight is 485 g/mol. The lowest BCUT2D eigenvalue weighted by molar-refractivity contribution is 0.244. The summed E-state index contributed by atoms with van der Waals surface area (Å²) in [6.45, 7) is 1.68. The molecule has 0 aliphatic carbocycles. The molecular formula is C27H28N6OS. The quantitative estimate of drug-likeness (QED) is 0.321. The molecule has 0 bridgehead atoms. The van der Waals surface area contributed by atoms with Crippen LogP contribution in [0.1, 0.15) is 11.1 Å². The molecule has 0 saturated carbocycles. The predicted octanol–water partition coefficient (Wildman–Crippen LogP) is 4.38. The minimum Gasteiger partial charge on any atom is -0.378 e. The van der Waals surface area contributed by atoms with Crippen LogP contribution < -0.4 is 10.5 Å². The normalized spacial score (nSPS) is 11.5. The summed E-state index contributed by atoms with van der Waals surface area (Å²) in [5.74, 6) is 0.547. The highest BCUT2D eigenvalue weighted by molar-refractivity contribution is 7.71. The van der Waals surface area contributed by atoms with Crippen LogP contribution in [0.5, 0.6) is 0 Å². The maximum atomic E-state index is 13.5. The topological polar surface area (TPSA) is 50.7 Å². The van der Waals surface area contributed by atoms with Crippen LogP contribution in [0.25, 0.3) is 16.7 Å². The number of rotatable bonds is 7. The Labute approximate surface area is 209 Å². The van der Waals surface area contributed by atoms with Crippen molar-refractivity contribution in [1.82, 2.24) is 23.6 Å². The smallest absolute Gasteiger partial charge is 0.263 e. The summed E-state index contributed by atoms with van der Waals surface area (Å²) >= 11 is 5.87. The van der Waals surface area contributed by atoms with Crippen molar-refractivity contribution < 1.29 is 0 Å². The number of hydrogen-bond donors (Lipinski definition) is 0. The SMILES string of the molecule is CN(Cc1ccc(N(C)C)cc1)Cn1nc2n(Cc3ccccc3)c(=O)c3ccccc3n2c1=S. The molecule has 0 N–H and O–H groups in total. The van der Waals surface area contributed by atoms with Gasteiger partial charge in [-0.05, 0) is 54.7 Å². The standard InChI is InChI=1S/C27H28N6OS/c1-29(2)22-15-13-21(14-16-22)17-30(3)19-32-27(35)33-24-12-8-7-11-23(24)25(34)31(26(33)28-32)18-20-9-5-4-6-10-20/h4-16H,17-19H2,1-3H3. The highest BCUT2D eigenvalue weighted by atomic mass is 32.1. The van der Waals surface area contributed by atoms with Crippen LogP contribution in [-0.4, -0.2) is 44.8 Å². The van der Waals surface area contributed by atoms with Gasteiger partial charge in [0.15, 0.2) is 0 Å². The summed E-state index contributed by atoms with van der Waals surface area (Å²) in [6.07, 6.45) is 0. The number of nitrogens with zero attached hydrogens (tertiary/aromatic N) is 6. The monoisotopic (exact) mass is 484 g/mol. The number of para-hydroxylation sites is 1. The van der Waals surface area contributed by atoms with E-state index in [0.717, 1.165) is 17.6 Å². The molecule has 7 nitrogen and oxygen atoms in total. The number of hydrogen-bond acceptors (Lipinski definition) is 5. The second kappa shape index (κ2) is 9.48. The van der Waals surface area contributed by atoms with Gasteiger partial charge in [0.2, 0.25) is 10.5 Å². The van der Waals surface area contributed by atoms with E-state index in [2.05, 4.69) is 34.1 Å². The van der Waals surface area contributed by atoms with Gasteiger partial charge in [-0.15, -0.1) is 5.10 Å². The van der Waals surface area contributed by atoms with Gasteiger partial charge in [-0.2, -0.15) is 0 Å². The summed E-state index contributed by atoms with van der Waals surface area (Å²) < 4.78 is 5.98. The Hall–Kier alpha value is -3.75. The minimum atomic E-state index is -0.0709. The number of anilines is 1. The predicted molar refractivity (Wildman–Crippen MR) is 144 cm³/mol. The van der Waals surface area contributed by atoms with E-state index < -0.39 is 0 Å². The number of aromatic nitrogens is 4.